The topological polar surface area (TPSA) is 98.2 Å². The molecular formula is C25H25N3O5. The third kappa shape index (κ3) is 5.88. The minimum absolute atomic E-state index is 0.257. The number of aryl methyl sites for hydroxylation is 1. The quantitative estimate of drug-likeness (QED) is 0.401. The molecule has 2 amide bonds. The number of methoxy groups -OCH3 is 3. The van der Waals surface area contributed by atoms with Crippen molar-refractivity contribution in [2.75, 3.05) is 26.6 Å². The van der Waals surface area contributed by atoms with Crippen LogP contribution in [0.3, 0.4) is 0 Å². The Labute approximate surface area is 192 Å². The standard InChI is InChI=1S/C25H25N3O5/c1-16-8-10-18(11-9-16)24(29)27-20-7-5-6-19(14-20)25(30)28-26-15-17-12-21(31-2)23(33-4)22(13-17)32-3/h5-15H,1-4H3,(H,27,29)(H,28,30)/b26-15+. The fraction of sp³-hybridized carbons (Fsp3) is 0.160. The number of carbonyl (C=O) groups is 2. The molecule has 0 heterocycles. The van der Waals surface area contributed by atoms with Gasteiger partial charge in [-0.15, -0.1) is 0 Å². The van der Waals surface area contributed by atoms with Gasteiger partial charge in [0, 0.05) is 22.4 Å². The van der Waals surface area contributed by atoms with E-state index in [1.54, 1.807) is 48.5 Å². The molecule has 0 unspecified atom stereocenters. The Hall–Kier alpha value is -4.33. The molecule has 0 aromatic heterocycles. The normalized spacial score (nSPS) is 10.5. The number of hydrogen-bond acceptors (Lipinski definition) is 6. The van der Waals surface area contributed by atoms with Gasteiger partial charge in [-0.2, -0.15) is 5.10 Å². The molecule has 0 bridgehead atoms. The van der Waals surface area contributed by atoms with Crippen molar-refractivity contribution in [2.24, 2.45) is 5.10 Å². The highest BCUT2D eigenvalue weighted by Gasteiger charge is 2.13. The zero-order valence-electron chi connectivity index (χ0n) is 18.8. The SMILES string of the molecule is COc1cc(/C=N/NC(=O)c2cccc(NC(=O)c3ccc(C)cc3)c2)cc(OC)c1OC. The number of anilines is 1. The van der Waals surface area contributed by atoms with Gasteiger partial charge in [0.05, 0.1) is 27.5 Å². The fourth-order valence-corrected chi connectivity index (χ4v) is 3.05. The lowest BCUT2D eigenvalue weighted by atomic mass is 10.1. The molecule has 0 fully saturated rings. The molecule has 0 saturated carbocycles. The van der Waals surface area contributed by atoms with Crippen LogP contribution in [0.25, 0.3) is 0 Å². The number of benzene rings is 3. The third-order valence-corrected chi connectivity index (χ3v) is 4.76. The highest BCUT2D eigenvalue weighted by molar-refractivity contribution is 6.05. The van der Waals surface area contributed by atoms with Crippen molar-refractivity contribution >= 4 is 23.7 Å². The summed E-state index contributed by atoms with van der Waals surface area (Å²) in [5.74, 6) is 0.729. The van der Waals surface area contributed by atoms with Gasteiger partial charge in [0.15, 0.2) is 11.5 Å². The molecule has 0 aliphatic heterocycles. The third-order valence-electron chi connectivity index (χ3n) is 4.76. The van der Waals surface area contributed by atoms with Crippen LogP contribution in [-0.2, 0) is 0 Å². The van der Waals surface area contributed by atoms with E-state index in [1.165, 1.54) is 27.5 Å². The second-order valence-corrected chi connectivity index (χ2v) is 7.06. The van der Waals surface area contributed by atoms with Crippen LogP contribution in [0.4, 0.5) is 5.69 Å². The molecule has 0 radical (unpaired) electrons. The Kier molecular flexibility index (Phi) is 7.64. The first-order chi connectivity index (χ1) is 15.9. The van der Waals surface area contributed by atoms with E-state index in [-0.39, 0.29) is 5.91 Å². The number of hydrogen-bond donors (Lipinski definition) is 2. The molecular weight excluding hydrogens is 422 g/mol. The highest BCUT2D eigenvalue weighted by atomic mass is 16.5. The number of amides is 2. The summed E-state index contributed by atoms with van der Waals surface area (Å²) in [5, 5.41) is 6.80. The molecule has 3 rings (SSSR count). The molecule has 0 spiro atoms. The average molecular weight is 447 g/mol. The summed E-state index contributed by atoms with van der Waals surface area (Å²) in [6.45, 7) is 1.95. The van der Waals surface area contributed by atoms with Gasteiger partial charge >= 0.3 is 0 Å². The number of nitrogens with zero attached hydrogens (tertiary/aromatic N) is 1. The maximum atomic E-state index is 12.5. The summed E-state index contributed by atoms with van der Waals surface area (Å²) in [5.41, 5.74) is 5.56. The zero-order chi connectivity index (χ0) is 23.8. The van der Waals surface area contributed by atoms with E-state index in [4.69, 9.17) is 14.2 Å². The maximum Gasteiger partial charge on any atom is 0.271 e. The van der Waals surface area contributed by atoms with E-state index in [9.17, 15) is 9.59 Å². The van der Waals surface area contributed by atoms with Crippen molar-refractivity contribution in [1.29, 1.82) is 0 Å². The van der Waals surface area contributed by atoms with Crippen molar-refractivity contribution in [3.63, 3.8) is 0 Å². The van der Waals surface area contributed by atoms with Crippen LogP contribution in [-0.4, -0.2) is 39.4 Å². The Bertz CT molecular complexity index is 1150. The van der Waals surface area contributed by atoms with Gasteiger partial charge in [-0.1, -0.05) is 23.8 Å². The van der Waals surface area contributed by atoms with Crippen LogP contribution in [0.2, 0.25) is 0 Å². The summed E-state index contributed by atoms with van der Waals surface area (Å²) in [6, 6.07) is 17.2. The van der Waals surface area contributed by atoms with Gasteiger partial charge < -0.3 is 19.5 Å². The van der Waals surface area contributed by atoms with Crippen molar-refractivity contribution < 1.29 is 23.8 Å². The van der Waals surface area contributed by atoms with Gasteiger partial charge in [0.2, 0.25) is 5.75 Å². The molecule has 170 valence electrons. The molecule has 0 atom stereocenters. The number of rotatable bonds is 8. The van der Waals surface area contributed by atoms with Gasteiger partial charge in [-0.3, -0.25) is 9.59 Å². The summed E-state index contributed by atoms with van der Waals surface area (Å²) in [7, 11) is 4.56. The fourth-order valence-electron chi connectivity index (χ4n) is 3.05. The van der Waals surface area contributed by atoms with Crippen molar-refractivity contribution in [3.05, 3.63) is 82.9 Å². The first kappa shape index (κ1) is 23.3. The molecule has 3 aromatic rings. The van der Waals surface area contributed by atoms with Crippen LogP contribution < -0.4 is 25.0 Å². The van der Waals surface area contributed by atoms with Crippen LogP contribution in [0.1, 0.15) is 31.8 Å². The molecule has 0 aliphatic rings. The lowest BCUT2D eigenvalue weighted by molar-refractivity contribution is 0.0953. The number of hydrazone groups is 1. The van der Waals surface area contributed by atoms with Gasteiger partial charge in [0.25, 0.3) is 11.8 Å². The molecule has 0 saturated heterocycles. The number of carbonyl (C=O) groups excluding carboxylic acids is 2. The summed E-state index contributed by atoms with van der Waals surface area (Å²) >= 11 is 0. The van der Waals surface area contributed by atoms with E-state index >= 15 is 0 Å². The number of ether oxygens (including phenoxy) is 3. The lowest BCUT2D eigenvalue weighted by Crippen LogP contribution is -2.18. The predicted octanol–water partition coefficient (Wildman–Crippen LogP) is 4.04. The van der Waals surface area contributed by atoms with Gasteiger partial charge in [0.1, 0.15) is 0 Å². The predicted molar refractivity (Wildman–Crippen MR) is 127 cm³/mol. The van der Waals surface area contributed by atoms with Gasteiger partial charge in [-0.25, -0.2) is 5.43 Å². The summed E-state index contributed by atoms with van der Waals surface area (Å²) in [4.78, 5) is 24.9. The zero-order valence-corrected chi connectivity index (χ0v) is 18.8. The minimum atomic E-state index is -0.426. The van der Waals surface area contributed by atoms with E-state index in [2.05, 4.69) is 15.8 Å². The molecule has 33 heavy (non-hydrogen) atoms. The molecule has 3 aromatic carbocycles. The van der Waals surface area contributed by atoms with Crippen molar-refractivity contribution in [2.45, 2.75) is 6.92 Å². The second-order valence-electron chi connectivity index (χ2n) is 7.06. The lowest BCUT2D eigenvalue weighted by Gasteiger charge is -2.12. The van der Waals surface area contributed by atoms with Crippen molar-refractivity contribution in [1.82, 2.24) is 5.43 Å². The first-order valence-electron chi connectivity index (χ1n) is 10.1. The number of nitrogens with one attached hydrogen (secondary N) is 2. The van der Waals surface area contributed by atoms with E-state index < -0.39 is 5.91 Å². The Balaban J connectivity index is 1.68. The molecule has 0 aliphatic carbocycles. The van der Waals surface area contributed by atoms with Crippen LogP contribution in [0.15, 0.2) is 65.8 Å². The highest BCUT2D eigenvalue weighted by Crippen LogP contribution is 2.37. The van der Waals surface area contributed by atoms with Gasteiger partial charge in [-0.05, 0) is 49.4 Å². The van der Waals surface area contributed by atoms with Crippen LogP contribution in [0.5, 0.6) is 17.2 Å². The monoisotopic (exact) mass is 447 g/mol. The van der Waals surface area contributed by atoms with E-state index in [0.717, 1.165) is 5.56 Å². The first-order valence-corrected chi connectivity index (χ1v) is 10.1. The second kappa shape index (κ2) is 10.8. The van der Waals surface area contributed by atoms with E-state index in [0.29, 0.717) is 39.6 Å². The maximum absolute atomic E-state index is 12.5. The summed E-state index contributed by atoms with van der Waals surface area (Å²) in [6.07, 6.45) is 1.46. The van der Waals surface area contributed by atoms with E-state index in [1.807, 2.05) is 19.1 Å². The Morgan fingerprint density at radius 2 is 1.48 bits per heavy atom. The smallest absolute Gasteiger partial charge is 0.271 e. The van der Waals surface area contributed by atoms with Crippen molar-refractivity contribution in [3.8, 4) is 17.2 Å². The summed E-state index contributed by atoms with van der Waals surface area (Å²) < 4.78 is 15.9. The van der Waals surface area contributed by atoms with Crippen LogP contribution >= 0.6 is 0 Å². The average Bonchev–Trinajstić information content (AvgIpc) is 2.83. The molecule has 2 N–H and O–H groups in total. The van der Waals surface area contributed by atoms with Crippen LogP contribution in [0, 0.1) is 6.92 Å². The Morgan fingerprint density at radius 3 is 2.09 bits per heavy atom. The largest absolute Gasteiger partial charge is 0.493 e. The Morgan fingerprint density at radius 1 is 0.818 bits per heavy atom. The molecule has 8 nitrogen and oxygen atoms in total. The molecule has 8 heteroatoms. The minimum Gasteiger partial charge on any atom is -0.493 e.